The second-order valence-corrected chi connectivity index (χ2v) is 13.6. The van der Waals surface area contributed by atoms with Crippen LogP contribution in [0.4, 0.5) is 5.69 Å². The largest absolute Gasteiger partial charge is 0.497 e. The van der Waals surface area contributed by atoms with Crippen LogP contribution in [0, 0.1) is 11.8 Å². The molecule has 52 heavy (non-hydrogen) atoms. The maximum atomic E-state index is 13.1. The topological polar surface area (TPSA) is 108 Å². The van der Waals surface area contributed by atoms with E-state index in [0.29, 0.717) is 62.6 Å². The van der Waals surface area contributed by atoms with Crippen LogP contribution in [0.1, 0.15) is 60.9 Å². The Hall–Kier alpha value is -4.71. The maximum absolute atomic E-state index is 13.1. The van der Waals surface area contributed by atoms with Crippen LogP contribution in [0.2, 0.25) is 0 Å². The van der Waals surface area contributed by atoms with E-state index in [-0.39, 0.29) is 18.3 Å². The predicted octanol–water partition coefficient (Wildman–Crippen LogP) is 6.86. The number of methoxy groups -OCH3 is 5. The first-order valence-electron chi connectivity index (χ1n) is 17.9. The molecule has 2 aliphatic rings. The van der Waals surface area contributed by atoms with Gasteiger partial charge >= 0.3 is 0 Å². The molecule has 2 heterocycles. The van der Waals surface area contributed by atoms with Crippen LogP contribution in [-0.4, -0.2) is 94.9 Å². The van der Waals surface area contributed by atoms with Gasteiger partial charge in [0, 0.05) is 55.6 Å². The summed E-state index contributed by atoms with van der Waals surface area (Å²) in [5, 5.41) is 4.05. The molecule has 0 unspecified atom stereocenters. The van der Waals surface area contributed by atoms with Crippen LogP contribution in [0.5, 0.6) is 34.5 Å². The minimum absolute atomic E-state index is 0.00833. The molecule has 0 bridgehead atoms. The molecule has 0 aliphatic carbocycles. The van der Waals surface area contributed by atoms with Gasteiger partial charge < -0.3 is 43.5 Å². The number of piperidine rings is 2. The summed E-state index contributed by atoms with van der Waals surface area (Å²) < 4.78 is 32.8. The number of ether oxygens (including phenoxy) is 6. The molecule has 2 fully saturated rings. The third kappa shape index (κ3) is 9.78. The van der Waals surface area contributed by atoms with E-state index in [9.17, 15) is 9.59 Å². The van der Waals surface area contributed by atoms with Gasteiger partial charge in [-0.1, -0.05) is 19.3 Å². The van der Waals surface area contributed by atoms with Crippen molar-refractivity contribution >= 4 is 34.7 Å². The summed E-state index contributed by atoms with van der Waals surface area (Å²) in [5.41, 5.74) is 1.75. The van der Waals surface area contributed by atoms with Gasteiger partial charge in [0.1, 0.15) is 17.2 Å². The smallest absolute Gasteiger partial charge is 0.260 e. The van der Waals surface area contributed by atoms with Crippen molar-refractivity contribution in [2.24, 2.45) is 11.8 Å². The summed E-state index contributed by atoms with van der Waals surface area (Å²) in [7, 11) is 7.87. The number of carbonyl (C=O) groups excluding carboxylic acids is 2. The van der Waals surface area contributed by atoms with Gasteiger partial charge in [-0.3, -0.25) is 9.59 Å². The average Bonchev–Trinajstić information content (AvgIpc) is 3.19. The Morgan fingerprint density at radius 3 is 1.79 bits per heavy atom. The number of amides is 1. The molecule has 5 rings (SSSR count). The van der Waals surface area contributed by atoms with Crippen LogP contribution in [0.3, 0.4) is 0 Å². The molecule has 11 nitrogen and oxygen atoms in total. The second-order valence-electron chi connectivity index (χ2n) is 13.2. The van der Waals surface area contributed by atoms with E-state index in [1.165, 1.54) is 26.4 Å². The third-order valence-electron chi connectivity index (χ3n) is 10.1. The van der Waals surface area contributed by atoms with Gasteiger partial charge in [-0.25, -0.2) is 0 Å². The molecule has 0 spiro atoms. The number of benzene rings is 3. The Morgan fingerprint density at radius 1 is 0.692 bits per heavy atom. The highest BCUT2D eigenvalue weighted by molar-refractivity contribution is 7.80. The second kappa shape index (κ2) is 18.7. The highest BCUT2D eigenvalue weighted by atomic mass is 32.1. The third-order valence-corrected chi connectivity index (χ3v) is 10.5. The van der Waals surface area contributed by atoms with Crippen molar-refractivity contribution in [1.82, 2.24) is 9.80 Å². The monoisotopic (exact) mass is 733 g/mol. The van der Waals surface area contributed by atoms with Crippen molar-refractivity contribution in [3.63, 3.8) is 0 Å². The van der Waals surface area contributed by atoms with E-state index in [4.69, 9.17) is 40.6 Å². The van der Waals surface area contributed by atoms with E-state index in [0.717, 1.165) is 57.5 Å². The van der Waals surface area contributed by atoms with Gasteiger partial charge in [0.2, 0.25) is 5.75 Å². The predicted molar refractivity (Wildman–Crippen MR) is 205 cm³/mol. The molecule has 2 aliphatic heterocycles. The van der Waals surface area contributed by atoms with Crippen LogP contribution in [-0.2, 0) is 4.79 Å². The zero-order chi connectivity index (χ0) is 37.0. The summed E-state index contributed by atoms with van der Waals surface area (Å²) in [6, 6.07) is 15.7. The Balaban J connectivity index is 0.971. The molecule has 0 saturated carbocycles. The molecule has 0 radical (unpaired) electrons. The van der Waals surface area contributed by atoms with Gasteiger partial charge in [-0.05, 0) is 86.1 Å². The van der Waals surface area contributed by atoms with Crippen LogP contribution >= 0.6 is 12.2 Å². The highest BCUT2D eigenvalue weighted by Gasteiger charge is 2.25. The molecule has 1 amide bonds. The zero-order valence-electron chi connectivity index (χ0n) is 30.9. The number of ketones is 1. The quantitative estimate of drug-likeness (QED) is 0.131. The van der Waals surface area contributed by atoms with Crippen molar-refractivity contribution in [3.05, 3.63) is 65.7 Å². The van der Waals surface area contributed by atoms with Crippen molar-refractivity contribution in [3.8, 4) is 34.5 Å². The molecule has 3 aromatic rings. The minimum Gasteiger partial charge on any atom is -0.497 e. The normalized spacial score (nSPS) is 15.1. The number of carbonyl (C=O) groups is 2. The lowest BCUT2D eigenvalue weighted by Gasteiger charge is -2.35. The van der Waals surface area contributed by atoms with Crippen molar-refractivity contribution < 1.29 is 38.0 Å². The number of likely N-dealkylation sites (tertiary alicyclic amines) is 2. The number of anilines is 1. The average molecular weight is 734 g/mol. The number of hydrogen-bond donors (Lipinski definition) is 1. The lowest BCUT2D eigenvalue weighted by molar-refractivity contribution is -0.134. The first-order chi connectivity index (χ1) is 25.3. The SMILES string of the molecule is COc1ccc(C(=O)c2ccc(OCC(=O)N3CCC(CCCC4CCN(C(=S)Nc5cc(OC)c(OC)c(OC)c5)CC4)CC3)cc2)c(OC)c1. The van der Waals surface area contributed by atoms with E-state index in [1.807, 2.05) is 17.0 Å². The van der Waals surface area contributed by atoms with Crippen LogP contribution in [0.25, 0.3) is 0 Å². The number of hydrogen-bond acceptors (Lipinski definition) is 9. The van der Waals surface area contributed by atoms with Crippen LogP contribution in [0.15, 0.2) is 54.6 Å². The van der Waals surface area contributed by atoms with E-state index in [1.54, 1.807) is 70.9 Å². The zero-order valence-corrected chi connectivity index (χ0v) is 31.7. The lowest BCUT2D eigenvalue weighted by atomic mass is 9.87. The molecule has 280 valence electrons. The van der Waals surface area contributed by atoms with Crippen molar-refractivity contribution in [2.45, 2.75) is 44.9 Å². The summed E-state index contributed by atoms with van der Waals surface area (Å²) in [6.45, 7) is 3.37. The maximum Gasteiger partial charge on any atom is 0.260 e. The fraction of sp³-hybridized carbons (Fsp3) is 0.475. The summed E-state index contributed by atoms with van der Waals surface area (Å²) in [6.07, 6.45) is 7.94. The standard InChI is InChI=1S/C40H51N3O8S/c1-46-32-13-14-33(34(25-32)47-2)38(45)29-9-11-31(12-10-29)51-26-37(44)42-19-15-27(16-20-42)7-6-8-28-17-21-43(22-18-28)40(52)41-30-23-35(48-3)39(50-5)36(24-30)49-4/h9-14,23-25,27-28H,6-8,15-22,26H2,1-5H3,(H,41,52). The van der Waals surface area contributed by atoms with Gasteiger partial charge in [0.05, 0.1) is 41.1 Å². The molecule has 12 heteroatoms. The fourth-order valence-corrected chi connectivity index (χ4v) is 7.33. The van der Waals surface area contributed by atoms with Gasteiger partial charge in [0.25, 0.3) is 5.91 Å². The Kier molecular flexibility index (Phi) is 13.8. The highest BCUT2D eigenvalue weighted by Crippen LogP contribution is 2.40. The van der Waals surface area contributed by atoms with E-state index >= 15 is 0 Å². The first-order valence-corrected chi connectivity index (χ1v) is 18.3. The fourth-order valence-electron chi connectivity index (χ4n) is 7.03. The molecular formula is C40H51N3O8S. The van der Waals surface area contributed by atoms with E-state index < -0.39 is 0 Å². The van der Waals surface area contributed by atoms with Gasteiger partial charge in [0.15, 0.2) is 29.0 Å². The lowest BCUT2D eigenvalue weighted by Crippen LogP contribution is -2.41. The number of rotatable bonds is 15. The molecule has 3 aromatic carbocycles. The van der Waals surface area contributed by atoms with E-state index in [2.05, 4.69) is 10.2 Å². The Bertz CT molecular complexity index is 1640. The Labute approximate surface area is 312 Å². The molecular weight excluding hydrogens is 683 g/mol. The number of nitrogens with zero attached hydrogens (tertiary/aromatic N) is 2. The van der Waals surface area contributed by atoms with Gasteiger partial charge in [-0.2, -0.15) is 0 Å². The molecule has 2 saturated heterocycles. The minimum atomic E-state index is -0.168. The van der Waals surface area contributed by atoms with Crippen molar-refractivity contribution in [1.29, 1.82) is 0 Å². The van der Waals surface area contributed by atoms with Crippen molar-refractivity contribution in [2.75, 3.05) is 73.7 Å². The molecule has 1 N–H and O–H groups in total. The first kappa shape index (κ1) is 38.5. The summed E-state index contributed by atoms with van der Waals surface area (Å²) in [5.74, 6) is 4.49. The Morgan fingerprint density at radius 2 is 1.25 bits per heavy atom. The number of thiocarbonyl (C=S) groups is 1. The van der Waals surface area contributed by atoms with Gasteiger partial charge in [-0.15, -0.1) is 0 Å². The molecule has 0 atom stereocenters. The summed E-state index contributed by atoms with van der Waals surface area (Å²) in [4.78, 5) is 30.2. The van der Waals surface area contributed by atoms with Crippen LogP contribution < -0.4 is 33.7 Å². The molecule has 0 aromatic heterocycles. The number of nitrogens with one attached hydrogen (secondary N) is 1. The summed E-state index contributed by atoms with van der Waals surface area (Å²) >= 11 is 5.75.